The maximum Gasteiger partial charge on any atom is 0.0230 e. The highest BCUT2D eigenvalue weighted by Crippen LogP contribution is 2.21. The monoisotopic (exact) mass is 177 g/mol. The molecule has 0 bridgehead atoms. The molecule has 0 atom stereocenters. The molecule has 0 spiro atoms. The highest BCUT2D eigenvalue weighted by atomic mass is 32.2. The summed E-state index contributed by atoms with van der Waals surface area (Å²) in [5.74, 6) is 1.23. The molecule has 0 fully saturated rings. The Morgan fingerprint density at radius 2 is 2.25 bits per heavy atom. The first-order valence-corrected chi connectivity index (χ1v) is 5.11. The molecule has 0 aliphatic rings. The molecule has 0 aliphatic heterocycles. The number of hydrogen-bond acceptors (Lipinski definition) is 1. The molecule has 0 aromatic heterocycles. The second kappa shape index (κ2) is 4.36. The van der Waals surface area contributed by atoms with Crippen molar-refractivity contribution in [1.82, 2.24) is 0 Å². The molecule has 0 saturated carbocycles. The van der Waals surface area contributed by atoms with Crippen LogP contribution in [0, 0.1) is 5.92 Å². The zero-order valence-corrected chi connectivity index (χ0v) is 8.32. The Labute approximate surface area is 78.7 Å². The Hall–Kier alpha value is -0.690. The highest BCUT2D eigenvalue weighted by molar-refractivity contribution is 7.98. The third kappa shape index (κ3) is 2.15. The molecule has 1 aromatic rings. The molecule has 0 heterocycles. The van der Waals surface area contributed by atoms with Crippen LogP contribution in [-0.4, -0.2) is 6.26 Å². The van der Waals surface area contributed by atoms with Crippen molar-refractivity contribution in [2.45, 2.75) is 11.8 Å². The third-order valence-corrected chi connectivity index (χ3v) is 2.56. The van der Waals surface area contributed by atoms with Gasteiger partial charge < -0.3 is 0 Å². The van der Waals surface area contributed by atoms with Gasteiger partial charge in [-0.1, -0.05) is 25.1 Å². The van der Waals surface area contributed by atoms with Crippen molar-refractivity contribution in [1.29, 1.82) is 0 Å². The summed E-state index contributed by atoms with van der Waals surface area (Å²) >= 11 is 1.76. The Morgan fingerprint density at radius 3 is 2.83 bits per heavy atom. The molecule has 0 saturated heterocycles. The van der Waals surface area contributed by atoms with Crippen molar-refractivity contribution in [3.63, 3.8) is 0 Å². The summed E-state index contributed by atoms with van der Waals surface area (Å²) < 4.78 is 0. The summed E-state index contributed by atoms with van der Waals surface area (Å²) in [6, 6.07) is 8.48. The van der Waals surface area contributed by atoms with Crippen LogP contribution >= 0.6 is 11.8 Å². The molecule has 1 heteroatoms. The summed E-state index contributed by atoms with van der Waals surface area (Å²) in [4.78, 5) is 1.30. The van der Waals surface area contributed by atoms with Gasteiger partial charge >= 0.3 is 0 Å². The molecule has 0 amide bonds. The van der Waals surface area contributed by atoms with Crippen LogP contribution in [0.25, 0.3) is 0 Å². The van der Waals surface area contributed by atoms with Gasteiger partial charge in [0.25, 0.3) is 0 Å². The number of thioether (sulfide) groups is 1. The fourth-order valence-corrected chi connectivity index (χ4v) is 1.45. The molecule has 0 N–H and O–H groups in total. The third-order valence-electron chi connectivity index (χ3n) is 1.83. The molecule has 12 heavy (non-hydrogen) atoms. The fourth-order valence-electron chi connectivity index (χ4n) is 0.986. The van der Waals surface area contributed by atoms with Crippen LogP contribution in [-0.2, 0) is 0 Å². The predicted molar refractivity (Wildman–Crippen MR) is 56.4 cm³/mol. The van der Waals surface area contributed by atoms with Crippen molar-refractivity contribution in [3.05, 3.63) is 48.4 Å². The van der Waals surface area contributed by atoms with Crippen LogP contribution in [0.3, 0.4) is 0 Å². The van der Waals surface area contributed by atoms with E-state index in [0.717, 1.165) is 0 Å². The molecule has 0 aliphatic carbocycles. The van der Waals surface area contributed by atoms with E-state index in [1.807, 2.05) is 6.08 Å². The maximum absolute atomic E-state index is 3.75. The topological polar surface area (TPSA) is 0 Å². The second-order valence-electron chi connectivity index (χ2n) is 2.62. The Balaban J connectivity index is 2.93. The molecular formula is C11H13S. The van der Waals surface area contributed by atoms with Gasteiger partial charge in [-0.3, -0.25) is 0 Å². The van der Waals surface area contributed by atoms with Gasteiger partial charge in [-0.15, -0.1) is 18.3 Å². The van der Waals surface area contributed by atoms with E-state index in [2.05, 4.69) is 44.0 Å². The molecular weight excluding hydrogens is 164 g/mol. The minimum Gasteiger partial charge on any atom is -0.130 e. The van der Waals surface area contributed by atoms with Gasteiger partial charge in [0.15, 0.2) is 0 Å². The van der Waals surface area contributed by atoms with E-state index >= 15 is 0 Å². The van der Waals surface area contributed by atoms with Crippen LogP contribution in [0.15, 0.2) is 41.8 Å². The van der Waals surface area contributed by atoms with Gasteiger partial charge in [-0.25, -0.2) is 0 Å². The minimum absolute atomic E-state index is 1.23. The summed E-state index contributed by atoms with van der Waals surface area (Å²) in [6.07, 6.45) is 3.97. The normalized spacial score (nSPS) is 10.2. The fraction of sp³-hybridized carbons (Fsp3) is 0.182. The van der Waals surface area contributed by atoms with E-state index in [0.29, 0.717) is 0 Å². The van der Waals surface area contributed by atoms with Gasteiger partial charge in [0.2, 0.25) is 0 Å². The van der Waals surface area contributed by atoms with E-state index < -0.39 is 0 Å². The first-order chi connectivity index (χ1) is 5.77. The van der Waals surface area contributed by atoms with Crippen LogP contribution in [0.4, 0.5) is 0 Å². The van der Waals surface area contributed by atoms with E-state index in [1.165, 1.54) is 16.4 Å². The van der Waals surface area contributed by atoms with Crippen molar-refractivity contribution in [3.8, 4) is 0 Å². The first-order valence-electron chi connectivity index (χ1n) is 3.88. The summed E-state index contributed by atoms with van der Waals surface area (Å²) in [5.41, 5.74) is 1.26. The second-order valence-corrected chi connectivity index (χ2v) is 3.50. The lowest BCUT2D eigenvalue weighted by atomic mass is 10.0. The highest BCUT2D eigenvalue weighted by Gasteiger charge is 2.00. The zero-order chi connectivity index (χ0) is 8.97. The van der Waals surface area contributed by atoms with Crippen molar-refractivity contribution >= 4 is 11.8 Å². The van der Waals surface area contributed by atoms with Gasteiger partial charge in [0.05, 0.1) is 0 Å². The number of rotatable bonds is 3. The van der Waals surface area contributed by atoms with Gasteiger partial charge in [0.1, 0.15) is 0 Å². The number of benzene rings is 1. The molecule has 0 nitrogen and oxygen atoms in total. The van der Waals surface area contributed by atoms with Crippen LogP contribution in [0.5, 0.6) is 0 Å². The van der Waals surface area contributed by atoms with Gasteiger partial charge in [-0.2, -0.15) is 0 Å². The van der Waals surface area contributed by atoms with E-state index in [4.69, 9.17) is 0 Å². The molecule has 63 valence electrons. The molecule has 1 aromatic carbocycles. The van der Waals surface area contributed by atoms with E-state index in [1.54, 1.807) is 11.8 Å². The summed E-state index contributed by atoms with van der Waals surface area (Å²) in [7, 11) is 0. The van der Waals surface area contributed by atoms with Gasteiger partial charge in [-0.05, 0) is 24.0 Å². The molecule has 0 unspecified atom stereocenters. The Morgan fingerprint density at radius 1 is 1.50 bits per heavy atom. The van der Waals surface area contributed by atoms with E-state index in [9.17, 15) is 0 Å². The average molecular weight is 177 g/mol. The SMILES string of the molecule is C=C[C](C)c1cccc(SC)c1. The molecule has 1 rings (SSSR count). The summed E-state index contributed by atoms with van der Waals surface area (Å²) in [5, 5.41) is 0. The van der Waals surface area contributed by atoms with Crippen molar-refractivity contribution < 1.29 is 0 Å². The van der Waals surface area contributed by atoms with Crippen molar-refractivity contribution in [2.75, 3.05) is 6.26 Å². The predicted octanol–water partition coefficient (Wildman–Crippen LogP) is 3.54. The molecule has 1 radical (unpaired) electrons. The lowest BCUT2D eigenvalue weighted by molar-refractivity contribution is 1.23. The summed E-state index contributed by atoms with van der Waals surface area (Å²) in [6.45, 7) is 5.82. The van der Waals surface area contributed by atoms with Crippen LogP contribution < -0.4 is 0 Å². The zero-order valence-electron chi connectivity index (χ0n) is 7.50. The largest absolute Gasteiger partial charge is 0.130 e. The first kappa shape index (κ1) is 9.40. The Bertz CT molecular complexity index is 265. The minimum atomic E-state index is 1.23. The van der Waals surface area contributed by atoms with Gasteiger partial charge in [0, 0.05) is 10.8 Å². The standard InChI is InChI=1S/C11H13S/c1-4-9(2)10-6-5-7-11(8-10)12-3/h4-8H,1H2,2-3H3. The lowest BCUT2D eigenvalue weighted by Crippen LogP contribution is -1.88. The van der Waals surface area contributed by atoms with Crippen LogP contribution in [0.2, 0.25) is 0 Å². The smallest absolute Gasteiger partial charge is 0.0230 e. The van der Waals surface area contributed by atoms with Crippen molar-refractivity contribution in [2.24, 2.45) is 0 Å². The lowest BCUT2D eigenvalue weighted by Gasteiger charge is -2.06. The van der Waals surface area contributed by atoms with Crippen LogP contribution in [0.1, 0.15) is 12.5 Å². The maximum atomic E-state index is 3.75. The number of hydrogen-bond donors (Lipinski definition) is 0. The quantitative estimate of drug-likeness (QED) is 0.636. The average Bonchev–Trinajstić information content (AvgIpc) is 2.17. The Kier molecular flexibility index (Phi) is 3.42. The van der Waals surface area contributed by atoms with E-state index in [-0.39, 0.29) is 0 Å². The number of allylic oxidation sites excluding steroid dienone is 1.